The second-order valence-corrected chi connectivity index (χ2v) is 3.83. The zero-order valence-corrected chi connectivity index (χ0v) is 8.84. The van der Waals surface area contributed by atoms with Crippen molar-refractivity contribution < 1.29 is 0 Å². The van der Waals surface area contributed by atoms with Crippen LogP contribution in [-0.4, -0.2) is 9.55 Å². The monoisotopic (exact) mass is 210 g/mol. The van der Waals surface area contributed by atoms with Crippen LogP contribution in [0.2, 0.25) is 0 Å². The molecule has 2 aromatic heterocycles. The lowest BCUT2D eigenvalue weighted by Gasteiger charge is -2.03. The van der Waals surface area contributed by atoms with Crippen molar-refractivity contribution in [1.82, 2.24) is 9.55 Å². The van der Waals surface area contributed by atoms with Crippen LogP contribution >= 0.6 is 0 Å². The van der Waals surface area contributed by atoms with Gasteiger partial charge in [0.15, 0.2) is 0 Å². The molecule has 0 atom stereocenters. The van der Waals surface area contributed by atoms with Gasteiger partial charge in [0.05, 0.1) is 10.9 Å². The fourth-order valence-electron chi connectivity index (χ4n) is 1.96. The van der Waals surface area contributed by atoms with Crippen LogP contribution in [0.15, 0.2) is 47.5 Å². The van der Waals surface area contributed by atoms with Crippen molar-refractivity contribution in [3.8, 4) is 0 Å². The van der Waals surface area contributed by atoms with Crippen LogP contribution in [0.1, 0.15) is 0 Å². The molecule has 0 N–H and O–H groups in total. The van der Waals surface area contributed by atoms with Crippen molar-refractivity contribution in [2.45, 2.75) is 0 Å². The minimum absolute atomic E-state index is 0.00393. The first-order valence-electron chi connectivity index (χ1n) is 5.10. The lowest BCUT2D eigenvalue weighted by atomic mass is 10.1. The number of aryl methyl sites for hydroxylation is 1. The zero-order chi connectivity index (χ0) is 11.1. The molecule has 0 bridgehead atoms. The maximum Gasteiger partial charge on any atom is 0.259 e. The summed E-state index contributed by atoms with van der Waals surface area (Å²) in [6, 6.07) is 9.81. The van der Waals surface area contributed by atoms with Crippen LogP contribution < -0.4 is 5.56 Å². The fourth-order valence-corrected chi connectivity index (χ4v) is 1.96. The first-order valence-corrected chi connectivity index (χ1v) is 5.10. The molecule has 2 heterocycles. The molecule has 0 aliphatic carbocycles. The summed E-state index contributed by atoms with van der Waals surface area (Å²) in [6.45, 7) is 0. The van der Waals surface area contributed by atoms with Crippen LogP contribution in [0.3, 0.4) is 0 Å². The topological polar surface area (TPSA) is 34.9 Å². The van der Waals surface area contributed by atoms with Gasteiger partial charge < -0.3 is 4.57 Å². The molecule has 0 saturated heterocycles. The Morgan fingerprint density at radius 3 is 2.75 bits per heavy atom. The lowest BCUT2D eigenvalue weighted by molar-refractivity contribution is 0.873. The van der Waals surface area contributed by atoms with Crippen molar-refractivity contribution in [2.75, 3.05) is 0 Å². The average Bonchev–Trinajstić information content (AvgIpc) is 2.33. The highest BCUT2D eigenvalue weighted by molar-refractivity contribution is 6.04. The van der Waals surface area contributed by atoms with E-state index in [9.17, 15) is 4.79 Å². The number of hydrogen-bond acceptors (Lipinski definition) is 2. The third kappa shape index (κ3) is 1.15. The van der Waals surface area contributed by atoms with Gasteiger partial charge in [0.1, 0.15) is 0 Å². The quantitative estimate of drug-likeness (QED) is 0.532. The fraction of sp³-hybridized carbons (Fsp3) is 0.0769. The number of aromatic nitrogens is 2. The van der Waals surface area contributed by atoms with Crippen molar-refractivity contribution in [2.24, 2.45) is 7.05 Å². The summed E-state index contributed by atoms with van der Waals surface area (Å²) in [4.78, 5) is 16.2. The molecular formula is C13H10N2O. The average molecular weight is 210 g/mol. The highest BCUT2D eigenvalue weighted by Gasteiger charge is 2.04. The summed E-state index contributed by atoms with van der Waals surface area (Å²) in [5.41, 5.74) is 0.916. The molecule has 0 radical (unpaired) electrons. The Morgan fingerprint density at radius 1 is 1.06 bits per heavy atom. The number of benzene rings is 1. The van der Waals surface area contributed by atoms with Gasteiger partial charge >= 0.3 is 0 Å². The molecule has 1 aromatic carbocycles. The second kappa shape index (κ2) is 3.17. The van der Waals surface area contributed by atoms with Crippen molar-refractivity contribution in [3.05, 3.63) is 53.1 Å². The number of fused-ring (bicyclic) bond motifs is 3. The molecular weight excluding hydrogens is 200 g/mol. The molecule has 3 rings (SSSR count). The molecule has 0 aliphatic heterocycles. The molecule has 0 fully saturated rings. The highest BCUT2D eigenvalue weighted by Crippen LogP contribution is 2.20. The predicted octanol–water partition coefficient (Wildman–Crippen LogP) is 2.09. The van der Waals surface area contributed by atoms with Crippen molar-refractivity contribution in [3.63, 3.8) is 0 Å². The van der Waals surface area contributed by atoms with Crippen molar-refractivity contribution >= 4 is 21.7 Å². The number of pyridine rings is 2. The van der Waals surface area contributed by atoms with E-state index >= 15 is 0 Å². The van der Waals surface area contributed by atoms with E-state index in [0.29, 0.717) is 5.39 Å². The van der Waals surface area contributed by atoms with E-state index in [2.05, 4.69) is 4.98 Å². The first-order chi connectivity index (χ1) is 7.77. The minimum Gasteiger partial charge on any atom is -0.318 e. The Bertz CT molecular complexity index is 744. The molecule has 3 heteroatoms. The van der Waals surface area contributed by atoms with Gasteiger partial charge in [-0.3, -0.25) is 9.78 Å². The summed E-state index contributed by atoms with van der Waals surface area (Å²) in [5, 5.41) is 2.66. The van der Waals surface area contributed by atoms with Gasteiger partial charge in [0, 0.05) is 24.8 Å². The maximum absolute atomic E-state index is 11.9. The largest absolute Gasteiger partial charge is 0.318 e. The summed E-state index contributed by atoms with van der Waals surface area (Å²) < 4.78 is 1.57. The van der Waals surface area contributed by atoms with E-state index in [1.165, 1.54) is 0 Å². The number of nitrogens with zero attached hydrogens (tertiary/aromatic N) is 2. The number of rotatable bonds is 0. The van der Waals surface area contributed by atoms with Gasteiger partial charge in [-0.2, -0.15) is 0 Å². The summed E-state index contributed by atoms with van der Waals surface area (Å²) in [5.74, 6) is 0. The van der Waals surface area contributed by atoms with E-state index in [1.807, 2.05) is 30.3 Å². The van der Waals surface area contributed by atoms with Gasteiger partial charge in [-0.25, -0.2) is 0 Å². The van der Waals surface area contributed by atoms with Gasteiger partial charge in [-0.1, -0.05) is 18.2 Å². The standard InChI is InChI=1S/C13H10N2O/c1-15-7-6-9-10-4-2-3-5-12(10)14-8-11(9)13(15)16/h2-8H,1H3. The van der Waals surface area contributed by atoms with Crippen LogP contribution in [-0.2, 0) is 7.05 Å². The van der Waals surface area contributed by atoms with Crippen LogP contribution in [0, 0.1) is 0 Å². The Labute approximate surface area is 92.0 Å². The molecule has 3 nitrogen and oxygen atoms in total. The summed E-state index contributed by atoms with van der Waals surface area (Å²) in [6.07, 6.45) is 3.44. The van der Waals surface area contributed by atoms with Crippen LogP contribution in [0.5, 0.6) is 0 Å². The normalized spacial score (nSPS) is 11.1. The molecule has 0 amide bonds. The Hall–Kier alpha value is -2.16. The third-order valence-corrected chi connectivity index (χ3v) is 2.83. The van der Waals surface area contributed by atoms with Gasteiger partial charge in [0.25, 0.3) is 5.56 Å². The van der Waals surface area contributed by atoms with Crippen molar-refractivity contribution in [1.29, 1.82) is 0 Å². The van der Waals surface area contributed by atoms with Gasteiger partial charge in [0.2, 0.25) is 0 Å². The Kier molecular flexibility index (Phi) is 1.80. The molecule has 78 valence electrons. The molecule has 0 saturated carbocycles. The summed E-state index contributed by atoms with van der Waals surface area (Å²) in [7, 11) is 1.75. The van der Waals surface area contributed by atoms with Gasteiger partial charge in [-0.15, -0.1) is 0 Å². The Balaban J connectivity index is 2.63. The second-order valence-electron chi connectivity index (χ2n) is 3.83. The summed E-state index contributed by atoms with van der Waals surface area (Å²) >= 11 is 0. The SMILES string of the molecule is Cn1ccc2c(cnc3ccccc32)c1=O. The zero-order valence-electron chi connectivity index (χ0n) is 8.84. The third-order valence-electron chi connectivity index (χ3n) is 2.83. The molecule has 3 aromatic rings. The Morgan fingerprint density at radius 2 is 1.88 bits per heavy atom. The van der Waals surface area contributed by atoms with E-state index < -0.39 is 0 Å². The van der Waals surface area contributed by atoms with E-state index in [1.54, 1.807) is 24.0 Å². The number of hydrogen-bond donors (Lipinski definition) is 0. The highest BCUT2D eigenvalue weighted by atomic mass is 16.1. The van der Waals surface area contributed by atoms with E-state index in [0.717, 1.165) is 16.3 Å². The van der Waals surface area contributed by atoms with Gasteiger partial charge in [-0.05, 0) is 17.5 Å². The van der Waals surface area contributed by atoms with E-state index in [4.69, 9.17) is 0 Å². The van der Waals surface area contributed by atoms with Crippen LogP contribution in [0.25, 0.3) is 21.7 Å². The van der Waals surface area contributed by atoms with Crippen LogP contribution in [0.4, 0.5) is 0 Å². The molecule has 0 aliphatic rings. The first kappa shape index (κ1) is 9.09. The number of para-hydroxylation sites is 1. The predicted molar refractivity (Wildman–Crippen MR) is 64.5 cm³/mol. The lowest BCUT2D eigenvalue weighted by Crippen LogP contribution is -2.15. The smallest absolute Gasteiger partial charge is 0.259 e. The molecule has 16 heavy (non-hydrogen) atoms. The molecule has 0 unspecified atom stereocenters. The van der Waals surface area contributed by atoms with E-state index in [-0.39, 0.29) is 5.56 Å². The minimum atomic E-state index is -0.00393. The molecule has 0 spiro atoms. The maximum atomic E-state index is 11.9.